The summed E-state index contributed by atoms with van der Waals surface area (Å²) in [5.41, 5.74) is 0.299. The van der Waals surface area contributed by atoms with Crippen molar-refractivity contribution in [1.82, 2.24) is 19.1 Å². The summed E-state index contributed by atoms with van der Waals surface area (Å²) in [5.74, 6) is -1.12. The Kier molecular flexibility index (Phi) is 4.06. The topological polar surface area (TPSA) is 114 Å². The number of rotatable bonds is 5. The Labute approximate surface area is 139 Å². The molecule has 8 nitrogen and oxygen atoms in total. The fraction of sp³-hybridized carbons (Fsp3) is 0.0833. The highest BCUT2D eigenvalue weighted by Gasteiger charge is 2.25. The van der Waals surface area contributed by atoms with E-state index in [1.807, 2.05) is 0 Å². The minimum absolute atomic E-state index is 0.0248. The molecule has 23 heavy (non-hydrogen) atoms. The van der Waals surface area contributed by atoms with Crippen LogP contribution in [0.15, 0.2) is 34.9 Å². The molecule has 2 N–H and O–H groups in total. The minimum atomic E-state index is -3.94. The van der Waals surface area contributed by atoms with Crippen LogP contribution in [0.3, 0.4) is 0 Å². The van der Waals surface area contributed by atoms with Gasteiger partial charge in [-0.25, -0.2) is 22.9 Å². The van der Waals surface area contributed by atoms with Crippen LogP contribution in [0.2, 0.25) is 5.15 Å². The lowest BCUT2D eigenvalue weighted by atomic mass is 10.2. The summed E-state index contributed by atoms with van der Waals surface area (Å²) in [5, 5.41) is 10.3. The second kappa shape index (κ2) is 5.89. The Morgan fingerprint density at radius 2 is 2.26 bits per heavy atom. The third kappa shape index (κ3) is 3.06. The number of aromatic nitrogens is 3. The maximum Gasteiger partial charge on any atom is 0.335 e. The van der Waals surface area contributed by atoms with Gasteiger partial charge in [-0.15, -0.1) is 11.3 Å². The van der Waals surface area contributed by atoms with Crippen LogP contribution in [0.1, 0.15) is 16.1 Å². The van der Waals surface area contributed by atoms with Crippen molar-refractivity contribution in [2.75, 3.05) is 0 Å². The molecule has 0 amide bonds. The largest absolute Gasteiger partial charge is 0.478 e. The molecule has 0 aliphatic heterocycles. The number of hydrogen-bond donors (Lipinski definition) is 2. The van der Waals surface area contributed by atoms with E-state index in [1.165, 1.54) is 34.1 Å². The van der Waals surface area contributed by atoms with Crippen molar-refractivity contribution in [3.63, 3.8) is 0 Å². The average molecular weight is 373 g/mol. The summed E-state index contributed by atoms with van der Waals surface area (Å²) in [4.78, 5) is 19.3. The summed E-state index contributed by atoms with van der Waals surface area (Å²) in [6.07, 6.45) is 2.85. The summed E-state index contributed by atoms with van der Waals surface area (Å²) in [7, 11) is -3.94. The molecule has 0 aromatic carbocycles. The Bertz CT molecular complexity index is 996. The van der Waals surface area contributed by atoms with Gasteiger partial charge in [-0.3, -0.25) is 9.38 Å². The summed E-state index contributed by atoms with van der Waals surface area (Å²) >= 11 is 7.16. The van der Waals surface area contributed by atoms with Gasteiger partial charge in [0, 0.05) is 17.8 Å². The Morgan fingerprint density at radius 3 is 3.00 bits per heavy atom. The van der Waals surface area contributed by atoms with Crippen LogP contribution in [0.25, 0.3) is 4.96 Å². The lowest BCUT2D eigenvalue weighted by Crippen LogP contribution is -2.25. The van der Waals surface area contributed by atoms with Gasteiger partial charge in [-0.05, 0) is 12.1 Å². The van der Waals surface area contributed by atoms with Crippen molar-refractivity contribution >= 4 is 43.9 Å². The molecule has 0 radical (unpaired) electrons. The summed E-state index contributed by atoms with van der Waals surface area (Å²) in [6.45, 7) is -0.169. The number of imidazole rings is 1. The number of carbonyl (C=O) groups is 1. The lowest BCUT2D eigenvalue weighted by molar-refractivity contribution is 0.0696. The first-order chi connectivity index (χ1) is 10.9. The summed E-state index contributed by atoms with van der Waals surface area (Å²) < 4.78 is 28.6. The molecule has 0 unspecified atom stereocenters. The van der Waals surface area contributed by atoms with E-state index in [9.17, 15) is 13.2 Å². The maximum atomic E-state index is 12.4. The predicted molar refractivity (Wildman–Crippen MR) is 83.3 cm³/mol. The van der Waals surface area contributed by atoms with Crippen molar-refractivity contribution in [2.24, 2.45) is 0 Å². The molecule has 0 fully saturated rings. The highest BCUT2D eigenvalue weighted by atomic mass is 35.5. The zero-order chi connectivity index (χ0) is 16.6. The molecule has 11 heteroatoms. The van der Waals surface area contributed by atoms with E-state index < -0.39 is 16.0 Å². The first-order valence-corrected chi connectivity index (χ1v) is 8.91. The van der Waals surface area contributed by atoms with Crippen molar-refractivity contribution in [1.29, 1.82) is 0 Å². The van der Waals surface area contributed by atoms with Crippen molar-refractivity contribution in [2.45, 2.75) is 11.6 Å². The Balaban J connectivity index is 1.87. The SMILES string of the molecule is O=C(O)c1ccnc(CNS(=O)(=O)c2c(Cl)nc3sccn23)c1. The fourth-order valence-electron chi connectivity index (χ4n) is 1.92. The van der Waals surface area contributed by atoms with Gasteiger partial charge in [0.1, 0.15) is 0 Å². The van der Waals surface area contributed by atoms with Gasteiger partial charge in [0.05, 0.1) is 17.8 Å². The second-order valence-electron chi connectivity index (χ2n) is 4.43. The van der Waals surface area contributed by atoms with Crippen molar-refractivity contribution < 1.29 is 18.3 Å². The van der Waals surface area contributed by atoms with Crippen LogP contribution in [-0.2, 0) is 16.6 Å². The van der Waals surface area contributed by atoms with E-state index in [0.29, 0.717) is 4.96 Å². The molecule has 3 rings (SSSR count). The first-order valence-electron chi connectivity index (χ1n) is 6.17. The molecule has 0 atom stereocenters. The molecular formula is C12H9ClN4O4S2. The number of aromatic carboxylic acids is 1. The third-order valence-electron chi connectivity index (χ3n) is 2.94. The molecule has 120 valence electrons. The van der Waals surface area contributed by atoms with E-state index in [4.69, 9.17) is 16.7 Å². The van der Waals surface area contributed by atoms with Gasteiger partial charge in [0.2, 0.25) is 0 Å². The molecule has 0 saturated heterocycles. The number of sulfonamides is 1. The number of carboxylic acids is 1. The molecule has 3 heterocycles. The molecule has 0 bridgehead atoms. The van der Waals surface area contributed by atoms with Gasteiger partial charge in [-0.1, -0.05) is 11.6 Å². The van der Waals surface area contributed by atoms with Crippen LogP contribution in [0.4, 0.5) is 0 Å². The zero-order valence-electron chi connectivity index (χ0n) is 11.3. The standard InChI is InChI=1S/C12H9ClN4O4S2/c13-9-10(17-3-4-22-12(17)16-9)23(20,21)15-6-8-5-7(11(18)19)1-2-14-8/h1-5,15H,6H2,(H,18,19). The monoisotopic (exact) mass is 372 g/mol. The fourth-order valence-corrected chi connectivity index (χ4v) is 4.37. The van der Waals surface area contributed by atoms with Crippen molar-refractivity contribution in [3.05, 3.63) is 46.3 Å². The number of nitrogens with one attached hydrogen (secondary N) is 1. The number of pyridine rings is 1. The number of carboxylic acid groups (broad SMARTS) is 1. The minimum Gasteiger partial charge on any atom is -0.478 e. The molecule has 3 aromatic rings. The Hall–Kier alpha value is -2.01. The average Bonchev–Trinajstić information content (AvgIpc) is 3.05. The van der Waals surface area contributed by atoms with E-state index >= 15 is 0 Å². The highest BCUT2D eigenvalue weighted by Crippen LogP contribution is 2.25. The number of hydrogen-bond acceptors (Lipinski definition) is 6. The van der Waals surface area contributed by atoms with E-state index in [0.717, 1.165) is 0 Å². The molecule has 0 aliphatic carbocycles. The number of nitrogens with zero attached hydrogens (tertiary/aromatic N) is 3. The van der Waals surface area contributed by atoms with E-state index in [-0.39, 0.29) is 28.0 Å². The Morgan fingerprint density at radius 1 is 1.48 bits per heavy atom. The molecular weight excluding hydrogens is 364 g/mol. The number of fused-ring (bicyclic) bond motifs is 1. The van der Waals surface area contributed by atoms with Gasteiger partial charge in [-0.2, -0.15) is 0 Å². The van der Waals surface area contributed by atoms with Gasteiger partial charge >= 0.3 is 5.97 Å². The quantitative estimate of drug-likeness (QED) is 0.703. The third-order valence-corrected chi connectivity index (χ3v) is 5.50. The highest BCUT2D eigenvalue weighted by molar-refractivity contribution is 7.89. The van der Waals surface area contributed by atoms with Crippen LogP contribution in [0, 0.1) is 0 Å². The second-order valence-corrected chi connectivity index (χ2v) is 7.34. The predicted octanol–water partition coefficient (Wildman–Crippen LogP) is 1.62. The molecule has 3 aromatic heterocycles. The van der Waals surface area contributed by atoms with Crippen LogP contribution < -0.4 is 4.72 Å². The maximum absolute atomic E-state index is 12.4. The lowest BCUT2D eigenvalue weighted by Gasteiger charge is -2.06. The van der Waals surface area contributed by atoms with Gasteiger partial charge in [0.25, 0.3) is 10.0 Å². The number of halogens is 1. The molecule has 0 saturated carbocycles. The zero-order valence-corrected chi connectivity index (χ0v) is 13.7. The number of thiazole rings is 1. The van der Waals surface area contributed by atoms with Crippen LogP contribution in [-0.4, -0.2) is 33.9 Å². The smallest absolute Gasteiger partial charge is 0.335 e. The van der Waals surface area contributed by atoms with E-state index in [2.05, 4.69) is 14.7 Å². The molecule has 0 aliphatic rings. The van der Waals surface area contributed by atoms with E-state index in [1.54, 1.807) is 11.6 Å². The molecule has 0 spiro atoms. The van der Waals surface area contributed by atoms with Gasteiger partial charge in [0.15, 0.2) is 15.1 Å². The normalized spacial score (nSPS) is 11.9. The first kappa shape index (κ1) is 15.9. The summed E-state index contributed by atoms with van der Waals surface area (Å²) in [6, 6.07) is 2.62. The van der Waals surface area contributed by atoms with Gasteiger partial charge < -0.3 is 5.11 Å². The van der Waals surface area contributed by atoms with Crippen LogP contribution >= 0.6 is 22.9 Å². The van der Waals surface area contributed by atoms with Crippen molar-refractivity contribution in [3.8, 4) is 0 Å². The van der Waals surface area contributed by atoms with Crippen LogP contribution in [0.5, 0.6) is 0 Å².